The molecule has 8 atom stereocenters. The van der Waals surface area contributed by atoms with E-state index in [2.05, 4.69) is 37.2 Å². The first-order valence-corrected chi connectivity index (χ1v) is 21.1. The SMILES string of the molecule is CC(C)C[C@H]1NC(=O)[C@H](Cc2cn(C)c3ccccc23)NC(=O)[C@@H](C(C)C)NC(=O)[C@@H]2CSC(N2)[C@H](C(C)C)NC(=O)[C@@H](C(C)C)NC(=O)[C@H](C(C)C)NC1=O. The van der Waals surface area contributed by atoms with E-state index in [1.807, 2.05) is 97.5 Å². The highest BCUT2D eigenvalue weighted by molar-refractivity contribution is 8.00. The van der Waals surface area contributed by atoms with Gasteiger partial charge in [-0.3, -0.25) is 34.1 Å². The van der Waals surface area contributed by atoms with Gasteiger partial charge >= 0.3 is 0 Å². The molecule has 2 aromatic rings. The maximum atomic E-state index is 14.4. The first-order valence-electron chi connectivity index (χ1n) is 20.0. The summed E-state index contributed by atoms with van der Waals surface area (Å²) in [4.78, 5) is 84.3. The highest BCUT2D eigenvalue weighted by atomic mass is 32.2. The van der Waals surface area contributed by atoms with Crippen LogP contribution in [-0.2, 0) is 42.2 Å². The Labute approximate surface area is 336 Å². The quantitative estimate of drug-likeness (QED) is 0.212. The number of thioether (sulfide) groups is 1. The lowest BCUT2D eigenvalue weighted by molar-refractivity contribution is -0.136. The molecule has 3 heterocycles. The van der Waals surface area contributed by atoms with E-state index in [9.17, 15) is 28.8 Å². The minimum Gasteiger partial charge on any atom is -0.350 e. The van der Waals surface area contributed by atoms with Crippen molar-refractivity contribution >= 4 is 58.1 Å². The molecule has 310 valence electrons. The number of para-hydroxylation sites is 1. The van der Waals surface area contributed by atoms with Crippen LogP contribution in [-0.4, -0.2) is 93.4 Å². The molecular formula is C41H64N8O6S. The van der Waals surface area contributed by atoms with Crippen LogP contribution in [0.15, 0.2) is 30.5 Å². The Morgan fingerprint density at radius 1 is 0.625 bits per heavy atom. The third-order valence-corrected chi connectivity index (χ3v) is 11.9. The maximum Gasteiger partial charge on any atom is 0.243 e. The van der Waals surface area contributed by atoms with Crippen LogP contribution in [0.4, 0.5) is 0 Å². The topological polar surface area (TPSA) is 192 Å². The first kappa shape index (κ1) is 44.6. The molecular weight excluding hydrogens is 733 g/mol. The largest absolute Gasteiger partial charge is 0.350 e. The van der Waals surface area contributed by atoms with Gasteiger partial charge in [-0.2, -0.15) is 0 Å². The average Bonchev–Trinajstić information content (AvgIpc) is 3.73. The van der Waals surface area contributed by atoms with Gasteiger partial charge < -0.3 is 36.5 Å². The van der Waals surface area contributed by atoms with E-state index in [0.717, 1.165) is 16.5 Å². The summed E-state index contributed by atoms with van der Waals surface area (Å²) in [6.07, 6.45) is 2.29. The van der Waals surface area contributed by atoms with Gasteiger partial charge in [0.1, 0.15) is 30.2 Å². The molecule has 6 amide bonds. The molecule has 1 unspecified atom stereocenters. The van der Waals surface area contributed by atoms with Crippen LogP contribution < -0.4 is 37.2 Å². The van der Waals surface area contributed by atoms with E-state index >= 15 is 0 Å². The number of nitrogens with zero attached hydrogens (tertiary/aromatic N) is 1. The highest BCUT2D eigenvalue weighted by Crippen LogP contribution is 2.26. The third-order valence-electron chi connectivity index (χ3n) is 10.6. The number of hydrogen-bond donors (Lipinski definition) is 7. The van der Waals surface area contributed by atoms with Gasteiger partial charge in [0.2, 0.25) is 35.4 Å². The van der Waals surface area contributed by atoms with Crippen LogP contribution in [0.1, 0.15) is 81.2 Å². The number of nitrogens with one attached hydrogen (secondary N) is 7. The van der Waals surface area contributed by atoms with Gasteiger partial charge in [-0.1, -0.05) is 87.4 Å². The van der Waals surface area contributed by atoms with Gasteiger partial charge in [-0.05, 0) is 47.6 Å². The van der Waals surface area contributed by atoms with Gasteiger partial charge in [0.05, 0.1) is 17.5 Å². The number of aromatic nitrogens is 1. The molecule has 0 radical (unpaired) electrons. The Hall–Kier alpha value is -4.11. The number of aryl methyl sites for hydroxylation is 1. The van der Waals surface area contributed by atoms with E-state index in [4.69, 9.17) is 0 Å². The molecule has 0 saturated carbocycles. The Morgan fingerprint density at radius 3 is 1.70 bits per heavy atom. The lowest BCUT2D eigenvalue weighted by Crippen LogP contribution is -2.61. The van der Waals surface area contributed by atoms with E-state index in [-0.39, 0.29) is 59.6 Å². The standard InChI is InChI=1S/C41H64N8O6S/c1-20(2)16-27-36(51)45-32(22(5)6)39(54)47-33(23(7)8)40(55)48-34(24(9)10)41-44-29(19-56-41)37(52)46-31(21(3)4)38(53)43-28(35(50)42-27)17-25-18-49(11)30-15-13-12-14-26(25)30/h12-15,18,20-24,27-29,31-34,41,44H,16-17,19H2,1-11H3,(H,42,50)(H,43,53)(H,45,51)(H,46,52)(H,47,54)(H,48,55)/t27-,28+,29+,31-,32+,33-,34+,41?/m1/s1. The predicted octanol–water partition coefficient (Wildman–Crippen LogP) is 2.34. The fourth-order valence-corrected chi connectivity index (χ4v) is 8.81. The van der Waals surface area contributed by atoms with Crippen LogP contribution in [0, 0.1) is 29.6 Å². The Balaban J connectivity index is 1.77. The number of fused-ring (bicyclic) bond motifs is 3. The van der Waals surface area contributed by atoms with Crippen molar-refractivity contribution in [1.82, 2.24) is 41.8 Å². The second kappa shape index (κ2) is 19.4. The molecule has 15 heteroatoms. The molecule has 1 aromatic heterocycles. The van der Waals surface area contributed by atoms with Gasteiger partial charge in [-0.15, -0.1) is 11.8 Å². The summed E-state index contributed by atoms with van der Waals surface area (Å²) in [5, 5.41) is 21.6. The van der Waals surface area contributed by atoms with Gasteiger partial charge in [0.15, 0.2) is 0 Å². The first-order chi connectivity index (χ1) is 26.3. The van der Waals surface area contributed by atoms with Gasteiger partial charge in [0.25, 0.3) is 0 Å². The molecule has 0 spiro atoms. The Morgan fingerprint density at radius 2 is 1.12 bits per heavy atom. The van der Waals surface area contributed by atoms with Crippen molar-refractivity contribution in [2.45, 2.75) is 130 Å². The number of amides is 6. The van der Waals surface area contributed by atoms with Crippen LogP contribution in [0.5, 0.6) is 0 Å². The molecule has 2 aliphatic rings. The summed E-state index contributed by atoms with van der Waals surface area (Å²) >= 11 is 1.50. The minimum atomic E-state index is -1.12. The Bertz CT molecular complexity index is 1740. The molecule has 2 aliphatic heterocycles. The zero-order valence-corrected chi connectivity index (χ0v) is 35.6. The molecule has 14 nitrogen and oxygen atoms in total. The molecule has 2 saturated heterocycles. The van der Waals surface area contributed by atoms with E-state index in [1.54, 1.807) is 13.8 Å². The monoisotopic (exact) mass is 796 g/mol. The summed E-state index contributed by atoms with van der Waals surface area (Å²) in [5.41, 5.74) is 1.78. The summed E-state index contributed by atoms with van der Waals surface area (Å²) < 4.78 is 1.96. The second-order valence-corrected chi connectivity index (χ2v) is 18.4. The number of carbonyl (C=O) groups excluding carboxylic acids is 6. The molecule has 56 heavy (non-hydrogen) atoms. The van der Waals surface area contributed by atoms with Crippen molar-refractivity contribution in [2.24, 2.45) is 36.6 Å². The number of benzene rings is 1. The molecule has 0 aliphatic carbocycles. The number of rotatable bonds is 8. The van der Waals surface area contributed by atoms with Crippen molar-refractivity contribution in [3.8, 4) is 0 Å². The van der Waals surface area contributed by atoms with Crippen molar-refractivity contribution in [3.63, 3.8) is 0 Å². The van der Waals surface area contributed by atoms with Crippen molar-refractivity contribution < 1.29 is 28.8 Å². The zero-order chi connectivity index (χ0) is 41.6. The second-order valence-electron chi connectivity index (χ2n) is 17.2. The van der Waals surface area contributed by atoms with E-state index in [1.165, 1.54) is 11.8 Å². The lowest BCUT2D eigenvalue weighted by atomic mass is 9.97. The summed E-state index contributed by atoms with van der Waals surface area (Å²) in [7, 11) is 1.91. The van der Waals surface area contributed by atoms with Crippen LogP contribution in [0.25, 0.3) is 10.9 Å². The summed E-state index contributed by atoms with van der Waals surface area (Å²) in [5.74, 6) is -3.56. The van der Waals surface area contributed by atoms with Crippen LogP contribution in [0.2, 0.25) is 0 Å². The molecule has 4 rings (SSSR count). The number of carbonyl (C=O) groups is 6. The van der Waals surface area contributed by atoms with Crippen molar-refractivity contribution in [1.29, 1.82) is 0 Å². The summed E-state index contributed by atoms with van der Waals surface area (Å²) in [6.45, 7) is 18.7. The van der Waals surface area contributed by atoms with E-state index < -0.39 is 65.9 Å². The normalized spacial score (nSPS) is 27.9. The van der Waals surface area contributed by atoms with Gasteiger partial charge in [0, 0.05) is 36.3 Å². The van der Waals surface area contributed by atoms with Crippen LogP contribution >= 0.6 is 11.8 Å². The minimum absolute atomic E-state index is 0.0245. The molecule has 2 fully saturated rings. The third kappa shape index (κ3) is 11.0. The van der Waals surface area contributed by atoms with E-state index in [0.29, 0.717) is 5.75 Å². The highest BCUT2D eigenvalue weighted by Gasteiger charge is 2.41. The maximum absolute atomic E-state index is 14.4. The fourth-order valence-electron chi connectivity index (χ4n) is 7.31. The molecule has 7 N–H and O–H groups in total. The zero-order valence-electron chi connectivity index (χ0n) is 34.8. The smallest absolute Gasteiger partial charge is 0.243 e. The predicted molar refractivity (Wildman–Crippen MR) is 220 cm³/mol. The van der Waals surface area contributed by atoms with Crippen LogP contribution in [0.3, 0.4) is 0 Å². The van der Waals surface area contributed by atoms with Crippen molar-refractivity contribution in [2.75, 3.05) is 5.75 Å². The summed E-state index contributed by atoms with van der Waals surface area (Å²) in [6, 6.07) is 1.66. The Kier molecular flexibility index (Phi) is 15.4. The van der Waals surface area contributed by atoms with Gasteiger partial charge in [-0.25, -0.2) is 0 Å². The fraction of sp³-hybridized carbons (Fsp3) is 0.659. The molecule has 1 aromatic carbocycles. The molecule has 2 bridgehead atoms. The lowest BCUT2D eigenvalue weighted by Gasteiger charge is -2.32. The average molecular weight is 797 g/mol. The van der Waals surface area contributed by atoms with Crippen molar-refractivity contribution in [3.05, 3.63) is 36.0 Å². The number of hydrogen-bond acceptors (Lipinski definition) is 8.